The zero-order valence-corrected chi connectivity index (χ0v) is 21.2. The number of rotatable bonds is 13. The minimum Gasteiger partial charge on any atom is -0.455 e. The summed E-state index contributed by atoms with van der Waals surface area (Å²) in [4.78, 5) is 24.4. The van der Waals surface area contributed by atoms with Crippen molar-refractivity contribution in [1.29, 1.82) is 0 Å². The Bertz CT molecular complexity index is 1340. The largest absolute Gasteiger partial charge is 0.455 e. The minimum absolute atomic E-state index is 0.111. The number of carbonyl (C=O) groups is 2. The highest BCUT2D eigenvalue weighted by Crippen LogP contribution is 2.62. The molecule has 20 heteroatoms. The maximum absolute atomic E-state index is 14.0. The molecule has 44 heavy (non-hydrogen) atoms. The third-order valence-corrected chi connectivity index (χ3v) is 5.93. The first-order valence-electron chi connectivity index (χ1n) is 11.3. The van der Waals surface area contributed by atoms with Gasteiger partial charge in [0, 0.05) is 23.9 Å². The molecule has 0 aliphatic carbocycles. The van der Waals surface area contributed by atoms with Crippen LogP contribution in [0.3, 0.4) is 0 Å². The molecule has 0 heterocycles. The van der Waals surface area contributed by atoms with E-state index in [0.717, 1.165) is 12.1 Å². The van der Waals surface area contributed by atoms with E-state index in [0.29, 0.717) is 17.8 Å². The smallest absolute Gasteiger partial charge is 0.385 e. The molecule has 4 nitrogen and oxygen atoms in total. The number of hydrogen-bond acceptors (Lipinski definition) is 4. The number of anilines is 1. The van der Waals surface area contributed by atoms with Gasteiger partial charge in [0.15, 0.2) is 12.4 Å². The molecule has 0 spiro atoms. The van der Waals surface area contributed by atoms with Crippen molar-refractivity contribution >= 4 is 17.4 Å². The molecule has 0 saturated heterocycles. The highest BCUT2D eigenvalue weighted by atomic mass is 19.4. The van der Waals surface area contributed by atoms with Gasteiger partial charge in [-0.3, -0.25) is 4.79 Å². The van der Waals surface area contributed by atoms with Crippen molar-refractivity contribution in [3.8, 4) is 0 Å². The zero-order chi connectivity index (χ0) is 34.3. The molecule has 0 atom stereocenters. The molecule has 0 aromatic heterocycles. The predicted molar refractivity (Wildman–Crippen MR) is 117 cm³/mol. The molecule has 2 aromatic rings. The first kappa shape index (κ1) is 36.5. The van der Waals surface area contributed by atoms with E-state index >= 15 is 0 Å². The number of benzene rings is 2. The lowest BCUT2D eigenvalue weighted by atomic mass is 9.89. The predicted octanol–water partition coefficient (Wildman–Crippen LogP) is 7.83. The van der Waals surface area contributed by atoms with Crippen molar-refractivity contribution in [2.75, 3.05) is 19.0 Å². The molecule has 2 rings (SSSR count). The number of ketones is 1. The Labute approximate surface area is 235 Å². The number of alkyl halides is 16. The fraction of sp³-hybridized carbons (Fsp3) is 0.417. The van der Waals surface area contributed by atoms with Crippen LogP contribution in [0.4, 0.5) is 75.9 Å². The summed E-state index contributed by atoms with van der Waals surface area (Å²) in [6, 6.07) is 8.84. The van der Waals surface area contributed by atoms with Gasteiger partial charge >= 0.3 is 53.9 Å². The summed E-state index contributed by atoms with van der Waals surface area (Å²) in [6.07, 6.45) is -5.94. The molecule has 2 aromatic carbocycles. The highest BCUT2D eigenvalue weighted by molar-refractivity contribution is 6.09. The van der Waals surface area contributed by atoms with Crippen LogP contribution in [0.2, 0.25) is 0 Å². The van der Waals surface area contributed by atoms with Crippen LogP contribution in [-0.2, 0) is 4.74 Å². The Morgan fingerprint density at radius 1 is 0.614 bits per heavy atom. The van der Waals surface area contributed by atoms with Crippen molar-refractivity contribution in [2.45, 2.75) is 47.9 Å². The average molecular weight is 669 g/mol. The fourth-order valence-electron chi connectivity index (χ4n) is 3.21. The lowest BCUT2D eigenvalue weighted by Crippen LogP contribution is -2.74. The summed E-state index contributed by atoms with van der Waals surface area (Å²) in [7, 11) is 1.58. The summed E-state index contributed by atoms with van der Waals surface area (Å²) in [6.45, 7) is -3.31. The van der Waals surface area contributed by atoms with Crippen LogP contribution < -0.4 is 5.32 Å². The van der Waals surface area contributed by atoms with Gasteiger partial charge in [-0.2, -0.15) is 61.5 Å². The monoisotopic (exact) mass is 669 g/mol. The fourth-order valence-corrected chi connectivity index (χ4v) is 3.21. The summed E-state index contributed by atoms with van der Waals surface area (Å²) >= 11 is 0. The van der Waals surface area contributed by atoms with Crippen LogP contribution >= 0.6 is 0 Å². The molecule has 0 aliphatic heterocycles. The normalized spacial score (nSPS) is 14.0. The van der Waals surface area contributed by atoms with Gasteiger partial charge in [0.1, 0.15) is 0 Å². The molecular formula is C24H15F16NO3. The van der Waals surface area contributed by atoms with Gasteiger partial charge < -0.3 is 10.1 Å². The molecule has 0 unspecified atom stereocenters. The van der Waals surface area contributed by atoms with Crippen LogP contribution in [0.1, 0.15) is 26.3 Å². The molecule has 0 saturated carbocycles. The van der Waals surface area contributed by atoms with Crippen LogP contribution in [0.5, 0.6) is 0 Å². The number of esters is 1. The van der Waals surface area contributed by atoms with Crippen LogP contribution in [0.25, 0.3) is 0 Å². The van der Waals surface area contributed by atoms with Crippen molar-refractivity contribution in [1.82, 2.24) is 0 Å². The van der Waals surface area contributed by atoms with E-state index in [2.05, 4.69) is 10.1 Å². The maximum Gasteiger partial charge on any atom is 0.385 e. The third kappa shape index (κ3) is 5.73. The number of ether oxygens (including phenoxy) is 1. The Morgan fingerprint density at radius 2 is 0.977 bits per heavy atom. The number of nitrogens with one attached hydrogen (secondary N) is 1. The molecule has 0 aliphatic rings. The topological polar surface area (TPSA) is 55.4 Å². The Morgan fingerprint density at radius 3 is 1.39 bits per heavy atom. The number of hydrogen-bond donors (Lipinski definition) is 1. The van der Waals surface area contributed by atoms with Gasteiger partial charge in [-0.1, -0.05) is 12.1 Å². The van der Waals surface area contributed by atoms with Crippen LogP contribution in [0.15, 0.2) is 48.5 Å². The Balaban J connectivity index is 2.27. The van der Waals surface area contributed by atoms with E-state index in [1.807, 2.05) is 0 Å². The molecule has 0 bridgehead atoms. The van der Waals surface area contributed by atoms with Gasteiger partial charge in [-0.25, -0.2) is 13.6 Å². The maximum atomic E-state index is 14.0. The van der Waals surface area contributed by atoms with E-state index in [1.54, 1.807) is 7.05 Å². The highest BCUT2D eigenvalue weighted by Gasteiger charge is 2.93. The summed E-state index contributed by atoms with van der Waals surface area (Å²) in [5.74, 6) is -58.5. The number of carbonyl (C=O) groups excluding carboxylic acids is 2. The van der Waals surface area contributed by atoms with Crippen LogP contribution in [-0.4, -0.2) is 73.3 Å². The standard InChI is InChI=1S/C24H15F16NO3/c1-41-14-8-6-12(7-9-14)15(42)11-2-4-13(5-3-11)16(43)44-10-18(27,28)20(31,32)22(35,36)24(39,40)23(37,38)21(33,34)19(29,30)17(25)26/h2-9,17,41H,10H2,1H3. The first-order valence-corrected chi connectivity index (χ1v) is 11.3. The summed E-state index contributed by atoms with van der Waals surface area (Å²) in [5, 5.41) is 2.76. The molecule has 1 N–H and O–H groups in total. The minimum atomic E-state index is -8.55. The Hall–Kier alpha value is -3.74. The molecule has 0 fully saturated rings. The van der Waals surface area contributed by atoms with Gasteiger partial charge in [-0.05, 0) is 36.4 Å². The van der Waals surface area contributed by atoms with Gasteiger partial charge in [0.2, 0.25) is 0 Å². The first-order chi connectivity index (χ1) is 19.7. The molecule has 0 radical (unpaired) electrons. The van der Waals surface area contributed by atoms with Crippen molar-refractivity contribution in [3.63, 3.8) is 0 Å². The van der Waals surface area contributed by atoms with Gasteiger partial charge in [0.05, 0.1) is 5.56 Å². The van der Waals surface area contributed by atoms with Crippen molar-refractivity contribution < 1.29 is 84.6 Å². The van der Waals surface area contributed by atoms with E-state index < -0.39 is 71.8 Å². The third-order valence-electron chi connectivity index (χ3n) is 5.93. The number of halogens is 16. The molecule has 246 valence electrons. The molecular weight excluding hydrogens is 654 g/mol. The quantitative estimate of drug-likeness (QED) is 0.134. The lowest BCUT2D eigenvalue weighted by Gasteiger charge is -2.42. The van der Waals surface area contributed by atoms with E-state index in [9.17, 15) is 79.8 Å². The second-order valence-electron chi connectivity index (χ2n) is 8.81. The van der Waals surface area contributed by atoms with Gasteiger partial charge in [-0.15, -0.1) is 0 Å². The summed E-state index contributed by atoms with van der Waals surface area (Å²) < 4.78 is 218. The molecule has 0 amide bonds. The Kier molecular flexibility index (Phi) is 9.64. The SMILES string of the molecule is CNc1ccc(C(=O)c2ccc(C(=O)OCC(F)(F)C(F)(F)C(F)(F)C(F)(F)C(F)(F)C(F)(F)C(F)(F)C(F)F)cc2)cc1. The average Bonchev–Trinajstić information content (AvgIpc) is 2.94. The zero-order valence-electron chi connectivity index (χ0n) is 21.2. The lowest BCUT2D eigenvalue weighted by molar-refractivity contribution is -0.447. The summed E-state index contributed by atoms with van der Waals surface area (Å²) in [5.41, 5.74) is -0.264. The second kappa shape index (κ2) is 11.6. The van der Waals surface area contributed by atoms with E-state index in [1.165, 1.54) is 24.3 Å². The van der Waals surface area contributed by atoms with Crippen molar-refractivity contribution in [2.24, 2.45) is 0 Å². The second-order valence-corrected chi connectivity index (χ2v) is 8.81. The van der Waals surface area contributed by atoms with E-state index in [4.69, 9.17) is 0 Å². The van der Waals surface area contributed by atoms with E-state index in [-0.39, 0.29) is 11.1 Å². The van der Waals surface area contributed by atoms with Crippen molar-refractivity contribution in [3.05, 3.63) is 65.2 Å². The van der Waals surface area contributed by atoms with Gasteiger partial charge in [0.25, 0.3) is 0 Å². The van der Waals surface area contributed by atoms with Crippen LogP contribution in [0, 0.1) is 0 Å².